The summed E-state index contributed by atoms with van der Waals surface area (Å²) in [6.07, 6.45) is 0.695. The van der Waals surface area contributed by atoms with Gasteiger partial charge in [-0.05, 0) is 49.2 Å². The average Bonchev–Trinajstić information content (AvgIpc) is 3.32. The van der Waals surface area contributed by atoms with Crippen molar-refractivity contribution in [2.24, 2.45) is 5.73 Å². The molecule has 0 spiro atoms. The third-order valence-corrected chi connectivity index (χ3v) is 5.72. The molecule has 30 heavy (non-hydrogen) atoms. The fourth-order valence-electron chi connectivity index (χ4n) is 3.38. The van der Waals surface area contributed by atoms with Gasteiger partial charge in [0.1, 0.15) is 5.82 Å². The number of rotatable bonds is 7. The third-order valence-electron chi connectivity index (χ3n) is 4.96. The summed E-state index contributed by atoms with van der Waals surface area (Å²) in [5.41, 5.74) is 10.4. The molecule has 0 aliphatic carbocycles. The standard InChI is InChI=1S/C23H21FN4OS/c1-15-19(22(25)29)13-21(28(15)12-11-16-7-9-17(24)10-8-16)20-14-30-23(27-20)26-18-5-3-2-4-6-18/h2-10,13-14H,11-12H2,1H3,(H2,25,29)(H,26,27). The number of halogens is 1. The number of nitrogens with one attached hydrogen (secondary N) is 1. The molecule has 0 unspecified atom stereocenters. The van der Waals surface area contributed by atoms with Gasteiger partial charge in [0.05, 0.1) is 17.0 Å². The molecule has 4 rings (SSSR count). The summed E-state index contributed by atoms with van der Waals surface area (Å²) in [7, 11) is 0. The van der Waals surface area contributed by atoms with E-state index in [1.165, 1.54) is 23.5 Å². The minimum Gasteiger partial charge on any atom is -0.366 e. The van der Waals surface area contributed by atoms with Gasteiger partial charge >= 0.3 is 0 Å². The van der Waals surface area contributed by atoms with Crippen LogP contribution in [0.2, 0.25) is 0 Å². The van der Waals surface area contributed by atoms with E-state index in [1.54, 1.807) is 18.2 Å². The van der Waals surface area contributed by atoms with Crippen molar-refractivity contribution in [2.45, 2.75) is 19.9 Å². The van der Waals surface area contributed by atoms with Gasteiger partial charge < -0.3 is 15.6 Å². The number of para-hydroxylation sites is 1. The Labute approximate surface area is 178 Å². The first kappa shape index (κ1) is 19.8. The number of aromatic nitrogens is 2. The molecule has 2 aromatic heterocycles. The lowest BCUT2D eigenvalue weighted by Gasteiger charge is -2.11. The quantitative estimate of drug-likeness (QED) is 0.435. The number of amides is 1. The molecule has 0 fully saturated rings. The number of primary amides is 1. The molecule has 0 bridgehead atoms. The van der Waals surface area contributed by atoms with Crippen LogP contribution in [0.5, 0.6) is 0 Å². The van der Waals surface area contributed by atoms with Crippen LogP contribution in [0.25, 0.3) is 11.4 Å². The number of carbonyl (C=O) groups is 1. The van der Waals surface area contributed by atoms with E-state index in [9.17, 15) is 9.18 Å². The molecule has 7 heteroatoms. The number of hydrogen-bond donors (Lipinski definition) is 2. The highest BCUT2D eigenvalue weighted by molar-refractivity contribution is 7.14. The van der Waals surface area contributed by atoms with Crippen molar-refractivity contribution in [3.8, 4) is 11.4 Å². The Hall–Kier alpha value is -3.45. The predicted molar refractivity (Wildman–Crippen MR) is 119 cm³/mol. The van der Waals surface area contributed by atoms with Crippen LogP contribution in [0.1, 0.15) is 21.6 Å². The molecule has 0 atom stereocenters. The molecule has 2 aromatic carbocycles. The van der Waals surface area contributed by atoms with E-state index in [0.29, 0.717) is 18.5 Å². The first-order valence-electron chi connectivity index (χ1n) is 9.53. The van der Waals surface area contributed by atoms with Crippen molar-refractivity contribution in [2.75, 3.05) is 5.32 Å². The van der Waals surface area contributed by atoms with Crippen LogP contribution in [-0.4, -0.2) is 15.5 Å². The first-order valence-corrected chi connectivity index (χ1v) is 10.4. The number of nitrogens with zero attached hydrogens (tertiary/aromatic N) is 2. The van der Waals surface area contributed by atoms with E-state index < -0.39 is 5.91 Å². The Morgan fingerprint density at radius 3 is 2.60 bits per heavy atom. The molecular weight excluding hydrogens is 399 g/mol. The molecule has 0 aliphatic rings. The molecule has 4 aromatic rings. The Morgan fingerprint density at radius 1 is 1.17 bits per heavy atom. The molecule has 0 aliphatic heterocycles. The van der Waals surface area contributed by atoms with Gasteiger partial charge in [0.15, 0.2) is 5.13 Å². The summed E-state index contributed by atoms with van der Waals surface area (Å²) in [6.45, 7) is 2.50. The van der Waals surface area contributed by atoms with E-state index in [1.807, 2.05) is 47.2 Å². The van der Waals surface area contributed by atoms with Crippen molar-refractivity contribution in [3.63, 3.8) is 0 Å². The van der Waals surface area contributed by atoms with Gasteiger partial charge in [0.2, 0.25) is 0 Å². The minimum atomic E-state index is -0.466. The third kappa shape index (κ3) is 4.26. The highest BCUT2D eigenvalue weighted by Gasteiger charge is 2.18. The summed E-state index contributed by atoms with van der Waals surface area (Å²) in [5, 5.41) is 6.01. The molecule has 1 amide bonds. The average molecular weight is 421 g/mol. The minimum absolute atomic E-state index is 0.256. The van der Waals surface area contributed by atoms with Crippen molar-refractivity contribution in [1.29, 1.82) is 0 Å². The maximum atomic E-state index is 13.2. The molecular formula is C23H21FN4OS. The maximum Gasteiger partial charge on any atom is 0.250 e. The maximum absolute atomic E-state index is 13.2. The largest absolute Gasteiger partial charge is 0.366 e. The summed E-state index contributed by atoms with van der Waals surface area (Å²) >= 11 is 1.49. The van der Waals surface area contributed by atoms with Crippen LogP contribution in [0.15, 0.2) is 66.0 Å². The van der Waals surface area contributed by atoms with Crippen LogP contribution in [0.3, 0.4) is 0 Å². The number of hydrogen-bond acceptors (Lipinski definition) is 4. The van der Waals surface area contributed by atoms with Crippen LogP contribution in [0.4, 0.5) is 15.2 Å². The molecule has 0 saturated heterocycles. The number of carbonyl (C=O) groups excluding carboxylic acids is 1. The summed E-state index contributed by atoms with van der Waals surface area (Å²) < 4.78 is 15.2. The van der Waals surface area contributed by atoms with Gasteiger partial charge in [0, 0.05) is 23.3 Å². The van der Waals surface area contributed by atoms with Crippen LogP contribution in [0, 0.1) is 12.7 Å². The zero-order valence-corrected chi connectivity index (χ0v) is 17.2. The SMILES string of the molecule is Cc1c(C(N)=O)cc(-c2csc(Nc3ccccc3)n2)n1CCc1ccc(F)cc1. The fourth-order valence-corrected chi connectivity index (χ4v) is 4.11. The summed E-state index contributed by atoms with van der Waals surface area (Å²) in [5.74, 6) is -0.722. The van der Waals surface area contributed by atoms with E-state index in [-0.39, 0.29) is 5.82 Å². The summed E-state index contributed by atoms with van der Waals surface area (Å²) in [6, 6.07) is 18.1. The molecule has 2 heterocycles. The van der Waals surface area contributed by atoms with Gasteiger partial charge in [-0.3, -0.25) is 4.79 Å². The van der Waals surface area contributed by atoms with Crippen molar-refractivity contribution in [3.05, 3.63) is 88.7 Å². The van der Waals surface area contributed by atoms with E-state index in [4.69, 9.17) is 10.7 Å². The fraction of sp³-hybridized carbons (Fsp3) is 0.130. The van der Waals surface area contributed by atoms with E-state index in [2.05, 4.69) is 5.32 Å². The molecule has 3 N–H and O–H groups in total. The van der Waals surface area contributed by atoms with Crippen molar-refractivity contribution < 1.29 is 9.18 Å². The first-order chi connectivity index (χ1) is 14.5. The number of nitrogens with two attached hydrogens (primary N) is 1. The van der Waals surface area contributed by atoms with Crippen molar-refractivity contribution >= 4 is 28.1 Å². The lowest BCUT2D eigenvalue weighted by molar-refractivity contribution is 0.0999. The number of benzene rings is 2. The van der Waals surface area contributed by atoms with Crippen LogP contribution in [-0.2, 0) is 13.0 Å². The van der Waals surface area contributed by atoms with E-state index >= 15 is 0 Å². The Morgan fingerprint density at radius 2 is 1.90 bits per heavy atom. The van der Waals surface area contributed by atoms with Gasteiger partial charge in [-0.15, -0.1) is 11.3 Å². The Bertz CT molecular complexity index is 1170. The molecule has 5 nitrogen and oxygen atoms in total. The second-order valence-corrected chi connectivity index (χ2v) is 7.81. The molecule has 152 valence electrons. The number of aryl methyl sites for hydroxylation is 1. The van der Waals surface area contributed by atoms with Crippen molar-refractivity contribution in [1.82, 2.24) is 9.55 Å². The van der Waals surface area contributed by atoms with Gasteiger partial charge in [-0.25, -0.2) is 9.37 Å². The van der Waals surface area contributed by atoms with Crippen LogP contribution >= 0.6 is 11.3 Å². The second-order valence-electron chi connectivity index (χ2n) is 6.95. The van der Waals surface area contributed by atoms with Gasteiger partial charge in [0.25, 0.3) is 5.91 Å². The summed E-state index contributed by atoms with van der Waals surface area (Å²) in [4.78, 5) is 16.6. The zero-order valence-electron chi connectivity index (χ0n) is 16.4. The topological polar surface area (TPSA) is 72.9 Å². The zero-order chi connectivity index (χ0) is 21.1. The number of anilines is 2. The molecule has 0 saturated carbocycles. The van der Waals surface area contributed by atoms with Crippen LogP contribution < -0.4 is 11.1 Å². The smallest absolute Gasteiger partial charge is 0.250 e. The number of thiazole rings is 1. The van der Waals surface area contributed by atoms with Gasteiger partial charge in [-0.1, -0.05) is 30.3 Å². The highest BCUT2D eigenvalue weighted by Crippen LogP contribution is 2.30. The normalized spacial score (nSPS) is 10.9. The van der Waals surface area contributed by atoms with Gasteiger partial charge in [-0.2, -0.15) is 0 Å². The Kier molecular flexibility index (Phi) is 5.63. The lowest BCUT2D eigenvalue weighted by atomic mass is 10.1. The second kappa shape index (κ2) is 8.51. The lowest BCUT2D eigenvalue weighted by Crippen LogP contribution is -2.13. The predicted octanol–water partition coefficient (Wildman–Crippen LogP) is 5.14. The monoisotopic (exact) mass is 420 g/mol. The molecule has 0 radical (unpaired) electrons. The Balaban J connectivity index is 1.63. The van der Waals surface area contributed by atoms with E-state index in [0.717, 1.165) is 33.5 Å². The highest BCUT2D eigenvalue weighted by atomic mass is 32.1.